The molecule has 0 radical (unpaired) electrons. The molecule has 6 N–H and O–H groups in total. The fourth-order valence-electron chi connectivity index (χ4n) is 17.0. The first kappa shape index (κ1) is 70.1. The number of ether oxygens (including phenoxy) is 3. The summed E-state index contributed by atoms with van der Waals surface area (Å²) in [6.07, 6.45) is 10.6. The molecule has 7 aliphatic rings. The van der Waals surface area contributed by atoms with Crippen LogP contribution >= 0.6 is 0 Å². The van der Waals surface area contributed by atoms with Crippen molar-refractivity contribution in [3.8, 4) is 17.1 Å². The Kier molecular flexibility index (Phi) is 20.7. The number of unbranched alkanes of at least 4 members (excludes halogenated alkanes) is 3. The second kappa shape index (κ2) is 28.7. The number of pyridine rings is 2. The Morgan fingerprint density at radius 3 is 2.31 bits per heavy atom. The van der Waals surface area contributed by atoms with Gasteiger partial charge in [0.25, 0.3) is 5.56 Å². The smallest absolute Gasteiger partial charge is 0.415 e. The number of hydrogen-bond acceptors (Lipinski definition) is 17. The van der Waals surface area contributed by atoms with Gasteiger partial charge in [0.15, 0.2) is 22.8 Å². The number of primary amides is 1. The average molecular weight is 1330 g/mol. The molecular weight excluding hydrogens is 1240 g/mol. The zero-order valence-corrected chi connectivity index (χ0v) is 57.7. The van der Waals surface area contributed by atoms with Gasteiger partial charge >= 0.3 is 24.1 Å². The highest BCUT2D eigenvalue weighted by molar-refractivity contribution is 5.94. The molecule has 23 nitrogen and oxygen atoms in total. The molecule has 3 fully saturated rings. The van der Waals surface area contributed by atoms with Crippen LogP contribution in [0, 0.1) is 23.2 Å². The van der Waals surface area contributed by atoms with Crippen molar-refractivity contribution in [1.29, 1.82) is 0 Å². The first-order chi connectivity index (χ1) is 46.3. The van der Waals surface area contributed by atoms with Crippen LogP contribution in [0.1, 0.15) is 165 Å². The average Bonchev–Trinajstić information content (AvgIpc) is 1.62. The van der Waals surface area contributed by atoms with Crippen molar-refractivity contribution in [1.82, 2.24) is 40.2 Å². The molecule has 2 saturated carbocycles. The van der Waals surface area contributed by atoms with Gasteiger partial charge in [0.05, 0.1) is 35.1 Å². The number of allylic oxidation sites excluding steroid dienone is 4. The van der Waals surface area contributed by atoms with Crippen LogP contribution < -0.4 is 36.9 Å². The van der Waals surface area contributed by atoms with Crippen molar-refractivity contribution >= 4 is 64.0 Å². The lowest BCUT2D eigenvalue weighted by molar-refractivity contribution is -0.182. The zero-order chi connectivity index (χ0) is 69.4. The first-order valence-corrected chi connectivity index (χ1v) is 34.9. The van der Waals surface area contributed by atoms with E-state index in [0.717, 1.165) is 74.5 Å². The van der Waals surface area contributed by atoms with Crippen LogP contribution in [-0.4, -0.2) is 161 Å². The van der Waals surface area contributed by atoms with Gasteiger partial charge in [-0.3, -0.25) is 28.8 Å². The maximum atomic E-state index is 14.4. The molecule has 11 rings (SSSR count). The standard InChI is InChI=1S/C74H96N10O13/c1-10-73(94)58-38-61-65-48(40-84(61)67(89)56(58)42-95-69(73)91)37-53-55(41-80(7)8)62(26-25-59(53)78-65)96-71(93)83-34-32-82(33-35-83)68(90)60(16-15-30-77-70(75)92)79-66(88)64(43(2)3)76-29-13-11-12-14-31-81(9)49-20-17-46(18-21-49)54-39-72(6)57(27-28-74(72,44(4)85)97-45(5)86)52-23-19-47-36-50(87)22-24-51(47)63(52)54/h17-18,20-21,25-26,36-38,43,52,54,57,60,64,76,94H,10-16,19,22-24,27-35,39-42H2,1-9H3,(H,79,88)(H3,75,77,92)/t52-,54+,57-,60-,64-,72-,73-,74-/m0/s1. The van der Waals surface area contributed by atoms with Crippen molar-refractivity contribution in [2.75, 3.05) is 71.9 Å². The number of nitrogens with zero attached hydrogens (tertiary/aromatic N) is 6. The number of amides is 5. The summed E-state index contributed by atoms with van der Waals surface area (Å²) < 4.78 is 19.1. The molecular formula is C74H96N10O13. The first-order valence-electron chi connectivity index (χ1n) is 34.9. The molecule has 0 bridgehead atoms. The highest BCUT2D eigenvalue weighted by atomic mass is 16.6. The van der Waals surface area contributed by atoms with E-state index < -0.39 is 52.8 Å². The SMILES string of the molecule is CC[C@@]1(O)C(=O)OCc2c1cc1n(c2=O)Cc2cc3c(CN(C)C)c(OC(=O)N4CCN(C(=O)[C@H](CCCNC(N)=O)NC(=O)[C@@H](NCCCCCCN(C)c5ccc([C@H]6C[C@@]7(C)[C@@H](CC[C@]7(OC(C)=O)C(C)=O)[C@@H]7CCC8=CC(=O)CCC8=C76)cc5)C(C)C)CC4)ccc3nc2-1. The molecule has 0 unspecified atom stereocenters. The van der Waals surface area contributed by atoms with Gasteiger partial charge in [0.1, 0.15) is 18.4 Å². The number of rotatable bonds is 24. The Morgan fingerprint density at radius 2 is 1.62 bits per heavy atom. The van der Waals surface area contributed by atoms with Crippen molar-refractivity contribution in [2.45, 2.75) is 180 Å². The summed E-state index contributed by atoms with van der Waals surface area (Å²) in [5.74, 6) is -1.08. The molecule has 520 valence electrons. The van der Waals surface area contributed by atoms with E-state index >= 15 is 0 Å². The number of benzene rings is 2. The summed E-state index contributed by atoms with van der Waals surface area (Å²) in [5.41, 5.74) is 11.0. The highest BCUT2D eigenvalue weighted by Gasteiger charge is 2.67. The van der Waals surface area contributed by atoms with E-state index in [-0.39, 0.29) is 122 Å². The number of piperazine rings is 1. The van der Waals surface area contributed by atoms with E-state index in [1.165, 1.54) is 29.2 Å². The summed E-state index contributed by atoms with van der Waals surface area (Å²) >= 11 is 0. The van der Waals surface area contributed by atoms with Crippen LogP contribution in [0.15, 0.2) is 76.1 Å². The lowest BCUT2D eigenvalue weighted by atomic mass is 9.50. The third-order valence-corrected chi connectivity index (χ3v) is 22.1. The van der Waals surface area contributed by atoms with Gasteiger partial charge in [-0.25, -0.2) is 19.4 Å². The molecule has 2 aromatic carbocycles. The number of aliphatic hydroxyl groups is 1. The molecule has 5 amide bonds. The molecule has 97 heavy (non-hydrogen) atoms. The normalized spacial score (nSPS) is 23.9. The van der Waals surface area contributed by atoms with E-state index in [0.29, 0.717) is 67.0 Å². The fraction of sp³-hybridized carbons (Fsp3) is 0.568. The zero-order valence-electron chi connectivity index (χ0n) is 57.7. The van der Waals surface area contributed by atoms with E-state index in [9.17, 15) is 48.3 Å². The van der Waals surface area contributed by atoms with Crippen molar-refractivity contribution < 1.29 is 57.7 Å². The van der Waals surface area contributed by atoms with Gasteiger partial charge in [-0.1, -0.05) is 58.2 Å². The lowest BCUT2D eigenvalue weighted by Gasteiger charge is -2.55. The number of hydrogen-bond donors (Lipinski definition) is 5. The molecule has 0 spiro atoms. The molecule has 4 aromatic rings. The Bertz CT molecular complexity index is 3910. The minimum atomic E-state index is -1.96. The molecule has 5 heterocycles. The van der Waals surface area contributed by atoms with Crippen molar-refractivity contribution in [3.05, 3.63) is 109 Å². The van der Waals surface area contributed by atoms with Crippen LogP contribution in [0.25, 0.3) is 22.3 Å². The number of urea groups is 1. The third-order valence-electron chi connectivity index (χ3n) is 22.1. The molecule has 1 saturated heterocycles. The second-order valence-electron chi connectivity index (χ2n) is 28.7. The number of Topliss-reactive ketones (excluding diaryl/α,β-unsaturated/α-hetero) is 1. The number of fused-ring (bicyclic) bond motifs is 9. The second-order valence-corrected chi connectivity index (χ2v) is 28.7. The summed E-state index contributed by atoms with van der Waals surface area (Å²) in [4.78, 5) is 132. The molecule has 23 heteroatoms. The Morgan fingerprint density at radius 1 is 0.887 bits per heavy atom. The van der Waals surface area contributed by atoms with Crippen LogP contribution in [0.5, 0.6) is 5.75 Å². The number of ketones is 2. The molecule has 3 aliphatic heterocycles. The maximum absolute atomic E-state index is 14.4. The lowest BCUT2D eigenvalue weighted by Crippen LogP contribution is -2.58. The van der Waals surface area contributed by atoms with E-state index in [1.807, 2.05) is 45.0 Å². The minimum Gasteiger partial charge on any atom is -0.458 e. The number of cyclic esters (lactones) is 1. The summed E-state index contributed by atoms with van der Waals surface area (Å²) in [5, 5.41) is 21.2. The number of carbonyl (C=O) groups is 8. The van der Waals surface area contributed by atoms with Crippen LogP contribution in [-0.2, 0) is 63.5 Å². The Hall–Kier alpha value is -8.28. The number of nitrogens with two attached hydrogens (primary N) is 1. The topological polar surface area (TPSA) is 294 Å². The molecule has 2 aromatic heterocycles. The van der Waals surface area contributed by atoms with Gasteiger partial charge in [-0.15, -0.1) is 0 Å². The number of carbonyl (C=O) groups excluding carboxylic acids is 8. The minimum absolute atomic E-state index is 0.0116. The van der Waals surface area contributed by atoms with Crippen LogP contribution in [0.4, 0.5) is 15.3 Å². The van der Waals surface area contributed by atoms with Crippen molar-refractivity contribution in [3.63, 3.8) is 0 Å². The number of esters is 2. The van der Waals surface area contributed by atoms with Gasteiger partial charge in [0.2, 0.25) is 11.8 Å². The Balaban J connectivity index is 0.673. The quantitative estimate of drug-likeness (QED) is 0.0290. The summed E-state index contributed by atoms with van der Waals surface area (Å²) in [7, 11) is 5.90. The van der Waals surface area contributed by atoms with Gasteiger partial charge in [-0.2, -0.15) is 0 Å². The maximum Gasteiger partial charge on any atom is 0.415 e. The molecule has 8 atom stereocenters. The number of nitrogens with one attached hydrogen (secondary N) is 3. The van der Waals surface area contributed by atoms with E-state index in [4.69, 9.17) is 24.9 Å². The Labute approximate surface area is 567 Å². The number of anilines is 1. The largest absolute Gasteiger partial charge is 0.458 e. The van der Waals surface area contributed by atoms with Gasteiger partial charge in [0, 0.05) is 105 Å². The van der Waals surface area contributed by atoms with Crippen LogP contribution in [0.3, 0.4) is 0 Å². The van der Waals surface area contributed by atoms with Crippen molar-refractivity contribution in [2.24, 2.45) is 28.9 Å². The summed E-state index contributed by atoms with van der Waals surface area (Å²) in [6, 6.07) is 13.7. The fourth-order valence-corrected chi connectivity index (χ4v) is 17.0. The third kappa shape index (κ3) is 13.7. The molecule has 4 aliphatic carbocycles. The number of aromatic nitrogens is 2. The highest BCUT2D eigenvalue weighted by Crippen LogP contribution is 2.68. The predicted molar refractivity (Wildman–Crippen MR) is 365 cm³/mol. The van der Waals surface area contributed by atoms with Crippen LogP contribution in [0.2, 0.25) is 0 Å². The predicted octanol–water partition coefficient (Wildman–Crippen LogP) is 7.82. The van der Waals surface area contributed by atoms with Gasteiger partial charge in [-0.05, 0) is 175 Å². The van der Waals surface area contributed by atoms with Gasteiger partial charge < -0.3 is 65.2 Å². The van der Waals surface area contributed by atoms with E-state index in [1.54, 1.807) is 46.4 Å². The summed E-state index contributed by atoms with van der Waals surface area (Å²) in [6.45, 7) is 13.4. The van der Waals surface area contributed by atoms with E-state index in [2.05, 4.69) is 59.1 Å². The monoisotopic (exact) mass is 1330 g/mol.